The molecule has 0 saturated heterocycles. The maximum Gasteiger partial charge on any atom is 0.229 e. The van der Waals surface area contributed by atoms with Crippen LogP contribution in [0, 0.1) is 6.92 Å². The zero-order chi connectivity index (χ0) is 19.7. The molecule has 0 saturated carbocycles. The van der Waals surface area contributed by atoms with Crippen molar-refractivity contribution in [1.29, 1.82) is 0 Å². The van der Waals surface area contributed by atoms with Crippen molar-refractivity contribution >= 4 is 34.7 Å². The van der Waals surface area contributed by atoms with Gasteiger partial charge in [0.2, 0.25) is 5.95 Å². The highest BCUT2D eigenvalue weighted by Gasteiger charge is 2.23. The van der Waals surface area contributed by atoms with Crippen LogP contribution in [0.2, 0.25) is 5.15 Å². The number of benzene rings is 1. The summed E-state index contributed by atoms with van der Waals surface area (Å²) in [6.07, 6.45) is 4.44. The second kappa shape index (κ2) is 7.52. The molecule has 0 radical (unpaired) electrons. The molecular weight excluding hydrogens is 378 g/mol. The van der Waals surface area contributed by atoms with Gasteiger partial charge >= 0.3 is 0 Å². The molecule has 0 bridgehead atoms. The molecule has 7 nitrogen and oxygen atoms in total. The predicted octanol–water partition coefficient (Wildman–Crippen LogP) is 4.29. The first kappa shape index (κ1) is 18.3. The summed E-state index contributed by atoms with van der Waals surface area (Å²) < 4.78 is 10.7. The van der Waals surface area contributed by atoms with Gasteiger partial charge in [0.05, 0.1) is 14.2 Å². The maximum absolute atomic E-state index is 6.05. The summed E-state index contributed by atoms with van der Waals surface area (Å²) in [6.45, 7) is 2.81. The van der Waals surface area contributed by atoms with Gasteiger partial charge in [0, 0.05) is 41.9 Å². The number of rotatable bonds is 5. The van der Waals surface area contributed by atoms with Crippen molar-refractivity contribution in [2.24, 2.45) is 0 Å². The minimum Gasteiger partial charge on any atom is -0.493 e. The van der Waals surface area contributed by atoms with Crippen LogP contribution in [0.1, 0.15) is 11.1 Å². The van der Waals surface area contributed by atoms with Crippen LogP contribution in [0.15, 0.2) is 36.7 Å². The molecule has 2 aromatic heterocycles. The highest BCUT2D eigenvalue weighted by molar-refractivity contribution is 6.29. The molecule has 4 rings (SSSR count). The molecule has 144 valence electrons. The summed E-state index contributed by atoms with van der Waals surface area (Å²) in [5, 5.41) is 3.75. The van der Waals surface area contributed by atoms with Crippen molar-refractivity contribution in [2.45, 2.75) is 13.3 Å². The number of nitrogens with zero attached hydrogens (tertiary/aromatic N) is 4. The van der Waals surface area contributed by atoms with E-state index in [0.29, 0.717) is 22.6 Å². The lowest BCUT2D eigenvalue weighted by atomic mass is 10.1. The number of anilines is 4. The predicted molar refractivity (Wildman–Crippen MR) is 110 cm³/mol. The molecular formula is C20H20ClN5O2. The average molecular weight is 398 g/mol. The van der Waals surface area contributed by atoms with Crippen LogP contribution in [0.4, 0.5) is 23.1 Å². The third-order valence-electron chi connectivity index (χ3n) is 4.70. The SMILES string of the molecule is COc1cc(C)c(Nc2ncc3c(n2)N(c2ccnc(Cl)c2)CC3)cc1OC. The minimum atomic E-state index is 0.458. The largest absolute Gasteiger partial charge is 0.493 e. The van der Waals surface area contributed by atoms with Crippen LogP contribution in [-0.2, 0) is 6.42 Å². The highest BCUT2D eigenvalue weighted by atomic mass is 35.5. The standard InChI is InChI=1S/C20H20ClN5O2/c1-12-8-16(27-2)17(28-3)10-15(12)24-20-23-11-13-5-7-26(19(13)25-20)14-4-6-22-18(21)9-14/h4,6,8-11H,5,7H2,1-3H3,(H,23,24,25). The molecule has 0 unspecified atom stereocenters. The molecule has 28 heavy (non-hydrogen) atoms. The second-order valence-corrected chi connectivity index (χ2v) is 6.82. The molecule has 8 heteroatoms. The smallest absolute Gasteiger partial charge is 0.229 e. The molecule has 0 amide bonds. The lowest BCUT2D eigenvalue weighted by Gasteiger charge is -2.19. The van der Waals surface area contributed by atoms with Crippen molar-refractivity contribution in [2.75, 3.05) is 31.0 Å². The van der Waals surface area contributed by atoms with Crippen LogP contribution in [0.3, 0.4) is 0 Å². The number of fused-ring (bicyclic) bond motifs is 1. The molecule has 3 aromatic rings. The summed E-state index contributed by atoms with van der Waals surface area (Å²) in [5.74, 6) is 2.71. The summed E-state index contributed by atoms with van der Waals surface area (Å²) in [5.41, 5.74) is 3.92. The second-order valence-electron chi connectivity index (χ2n) is 6.43. The van der Waals surface area contributed by atoms with Crippen molar-refractivity contribution in [1.82, 2.24) is 15.0 Å². The molecule has 1 aliphatic heterocycles. The minimum absolute atomic E-state index is 0.458. The number of aryl methyl sites for hydroxylation is 1. The Morgan fingerprint density at radius 1 is 1.11 bits per heavy atom. The lowest BCUT2D eigenvalue weighted by Crippen LogP contribution is -2.15. The van der Waals surface area contributed by atoms with Crippen molar-refractivity contribution in [3.05, 3.63) is 52.9 Å². The molecule has 0 aliphatic carbocycles. The van der Waals surface area contributed by atoms with Crippen LogP contribution in [0.5, 0.6) is 11.5 Å². The van der Waals surface area contributed by atoms with Gasteiger partial charge < -0.3 is 19.7 Å². The fourth-order valence-electron chi connectivity index (χ4n) is 3.25. The number of nitrogens with one attached hydrogen (secondary N) is 1. The molecule has 1 aromatic carbocycles. The summed E-state index contributed by atoms with van der Waals surface area (Å²) in [4.78, 5) is 15.4. The van der Waals surface area contributed by atoms with Gasteiger partial charge in [0.25, 0.3) is 0 Å². The van der Waals surface area contributed by atoms with Crippen LogP contribution in [0.25, 0.3) is 0 Å². The third-order valence-corrected chi connectivity index (χ3v) is 4.91. The Balaban J connectivity index is 1.66. The Bertz CT molecular complexity index is 1030. The van der Waals surface area contributed by atoms with E-state index in [-0.39, 0.29) is 0 Å². The van der Waals surface area contributed by atoms with Gasteiger partial charge in [0.15, 0.2) is 11.5 Å². The Morgan fingerprint density at radius 2 is 1.89 bits per heavy atom. The fourth-order valence-corrected chi connectivity index (χ4v) is 3.42. The molecule has 3 heterocycles. The van der Waals surface area contributed by atoms with Gasteiger partial charge in [-0.15, -0.1) is 0 Å². The number of hydrogen-bond acceptors (Lipinski definition) is 7. The van der Waals surface area contributed by atoms with Gasteiger partial charge in [-0.3, -0.25) is 0 Å². The first-order valence-electron chi connectivity index (χ1n) is 8.83. The van der Waals surface area contributed by atoms with E-state index in [0.717, 1.165) is 41.3 Å². The molecule has 0 spiro atoms. The normalized spacial score (nSPS) is 12.6. The van der Waals surface area contributed by atoms with Crippen molar-refractivity contribution in [3.63, 3.8) is 0 Å². The van der Waals surface area contributed by atoms with Crippen LogP contribution < -0.4 is 19.7 Å². The van der Waals surface area contributed by atoms with E-state index in [1.165, 1.54) is 0 Å². The molecule has 1 N–H and O–H groups in total. The first-order valence-corrected chi connectivity index (χ1v) is 9.21. The van der Waals surface area contributed by atoms with E-state index >= 15 is 0 Å². The summed E-state index contributed by atoms with van der Waals surface area (Å²) in [6, 6.07) is 7.56. The van der Waals surface area contributed by atoms with Gasteiger partial charge in [0.1, 0.15) is 11.0 Å². The number of methoxy groups -OCH3 is 2. The van der Waals surface area contributed by atoms with E-state index in [1.54, 1.807) is 20.4 Å². The van der Waals surface area contributed by atoms with Crippen molar-refractivity contribution in [3.8, 4) is 11.5 Å². The third kappa shape index (κ3) is 3.41. The zero-order valence-corrected chi connectivity index (χ0v) is 16.6. The van der Waals surface area contributed by atoms with Gasteiger partial charge in [-0.25, -0.2) is 9.97 Å². The monoisotopic (exact) mass is 397 g/mol. The van der Waals surface area contributed by atoms with Crippen LogP contribution >= 0.6 is 11.6 Å². The number of halogens is 1. The van der Waals surface area contributed by atoms with Gasteiger partial charge in [-0.05, 0) is 37.1 Å². The van der Waals surface area contributed by atoms with E-state index < -0.39 is 0 Å². The Labute approximate surface area is 168 Å². The Morgan fingerprint density at radius 3 is 2.64 bits per heavy atom. The quantitative estimate of drug-likeness (QED) is 0.644. The fraction of sp³-hybridized carbons (Fsp3) is 0.250. The number of pyridine rings is 1. The molecule has 0 fully saturated rings. The van der Waals surface area contributed by atoms with Crippen LogP contribution in [-0.4, -0.2) is 35.7 Å². The molecule has 1 aliphatic rings. The van der Waals surface area contributed by atoms with Gasteiger partial charge in [-0.2, -0.15) is 4.98 Å². The summed E-state index contributed by atoms with van der Waals surface area (Å²) in [7, 11) is 3.23. The van der Waals surface area contributed by atoms with E-state index in [9.17, 15) is 0 Å². The number of ether oxygens (including phenoxy) is 2. The maximum atomic E-state index is 6.05. The summed E-state index contributed by atoms with van der Waals surface area (Å²) >= 11 is 6.05. The topological polar surface area (TPSA) is 72.4 Å². The van der Waals surface area contributed by atoms with E-state index in [4.69, 9.17) is 26.1 Å². The lowest BCUT2D eigenvalue weighted by molar-refractivity contribution is 0.355. The Hall–Kier alpha value is -3.06. The average Bonchev–Trinajstić information content (AvgIpc) is 3.12. The number of hydrogen-bond donors (Lipinski definition) is 1. The molecule has 0 atom stereocenters. The zero-order valence-electron chi connectivity index (χ0n) is 15.9. The van der Waals surface area contributed by atoms with E-state index in [1.807, 2.05) is 37.4 Å². The van der Waals surface area contributed by atoms with E-state index in [2.05, 4.69) is 20.2 Å². The van der Waals surface area contributed by atoms with Crippen molar-refractivity contribution < 1.29 is 9.47 Å². The van der Waals surface area contributed by atoms with Gasteiger partial charge in [-0.1, -0.05) is 11.6 Å². The number of aromatic nitrogens is 3. The first-order chi connectivity index (χ1) is 13.6. The highest BCUT2D eigenvalue weighted by Crippen LogP contribution is 2.36. The Kier molecular flexibility index (Phi) is 4.92.